The van der Waals surface area contributed by atoms with Gasteiger partial charge in [0.2, 0.25) is 0 Å². The standard InChI is InChI=1S/C12H14BrNO2/c13-10-3-4-12(15)9(6-10)7-14-8-11-2-1-5-16-11/h3-4,6-7,11,15H,1-2,5,8H2. The lowest BCUT2D eigenvalue weighted by Crippen LogP contribution is -2.08. The van der Waals surface area contributed by atoms with Gasteiger partial charge in [-0.3, -0.25) is 4.99 Å². The van der Waals surface area contributed by atoms with Crippen LogP contribution in [0.2, 0.25) is 0 Å². The zero-order chi connectivity index (χ0) is 11.4. The van der Waals surface area contributed by atoms with Crippen molar-refractivity contribution in [3.8, 4) is 5.75 Å². The van der Waals surface area contributed by atoms with Crippen molar-refractivity contribution in [3.05, 3.63) is 28.2 Å². The van der Waals surface area contributed by atoms with E-state index in [2.05, 4.69) is 20.9 Å². The zero-order valence-corrected chi connectivity index (χ0v) is 10.5. The molecule has 1 aliphatic rings. The SMILES string of the molecule is Oc1ccc(Br)cc1C=NCC1CCCO1. The van der Waals surface area contributed by atoms with Gasteiger partial charge in [0.05, 0.1) is 12.6 Å². The van der Waals surface area contributed by atoms with E-state index < -0.39 is 0 Å². The van der Waals surface area contributed by atoms with E-state index in [1.165, 1.54) is 0 Å². The number of halogens is 1. The van der Waals surface area contributed by atoms with Crippen molar-refractivity contribution in [2.45, 2.75) is 18.9 Å². The van der Waals surface area contributed by atoms with Crippen molar-refractivity contribution in [2.24, 2.45) is 4.99 Å². The lowest BCUT2D eigenvalue weighted by Gasteiger charge is -2.04. The molecule has 3 nitrogen and oxygen atoms in total. The Labute approximate surface area is 103 Å². The van der Waals surface area contributed by atoms with Gasteiger partial charge in [-0.15, -0.1) is 0 Å². The van der Waals surface area contributed by atoms with Crippen molar-refractivity contribution in [1.29, 1.82) is 0 Å². The monoisotopic (exact) mass is 283 g/mol. The Hall–Kier alpha value is -0.870. The minimum absolute atomic E-state index is 0.249. The second-order valence-electron chi connectivity index (χ2n) is 3.83. The van der Waals surface area contributed by atoms with Crippen LogP contribution in [0.25, 0.3) is 0 Å². The summed E-state index contributed by atoms with van der Waals surface area (Å²) in [6.45, 7) is 1.52. The number of aliphatic imine (C=N–C) groups is 1. The van der Waals surface area contributed by atoms with Crippen LogP contribution in [-0.2, 0) is 4.74 Å². The third-order valence-electron chi connectivity index (χ3n) is 2.55. The summed E-state index contributed by atoms with van der Waals surface area (Å²) in [7, 11) is 0. The summed E-state index contributed by atoms with van der Waals surface area (Å²) in [5.41, 5.74) is 0.729. The van der Waals surface area contributed by atoms with Gasteiger partial charge >= 0.3 is 0 Å². The minimum atomic E-state index is 0.249. The summed E-state index contributed by atoms with van der Waals surface area (Å²) in [4.78, 5) is 4.29. The summed E-state index contributed by atoms with van der Waals surface area (Å²) >= 11 is 3.36. The molecular formula is C12H14BrNO2. The van der Waals surface area contributed by atoms with Gasteiger partial charge in [-0.1, -0.05) is 15.9 Å². The molecule has 0 spiro atoms. The smallest absolute Gasteiger partial charge is 0.124 e. The number of nitrogens with zero attached hydrogens (tertiary/aromatic N) is 1. The summed E-state index contributed by atoms with van der Waals surface area (Å²) < 4.78 is 6.39. The molecule has 4 heteroatoms. The van der Waals surface area contributed by atoms with E-state index in [0.29, 0.717) is 6.54 Å². The predicted molar refractivity (Wildman–Crippen MR) is 67.2 cm³/mol. The Morgan fingerprint density at radius 1 is 1.56 bits per heavy atom. The molecule has 86 valence electrons. The number of hydrogen-bond acceptors (Lipinski definition) is 3. The predicted octanol–water partition coefficient (Wildman–Crippen LogP) is 2.75. The van der Waals surface area contributed by atoms with Crippen molar-refractivity contribution in [1.82, 2.24) is 0 Å². The first-order valence-electron chi connectivity index (χ1n) is 5.35. The van der Waals surface area contributed by atoms with E-state index in [9.17, 15) is 5.11 Å². The number of phenols is 1. The minimum Gasteiger partial charge on any atom is -0.507 e. The van der Waals surface area contributed by atoms with Gasteiger partial charge in [0.1, 0.15) is 5.75 Å². The number of rotatable bonds is 3. The summed E-state index contributed by atoms with van der Waals surface area (Å²) in [5, 5.41) is 9.58. The van der Waals surface area contributed by atoms with Crippen LogP contribution >= 0.6 is 15.9 Å². The molecule has 1 atom stereocenters. The van der Waals surface area contributed by atoms with Gasteiger partial charge in [-0.05, 0) is 31.0 Å². The van der Waals surface area contributed by atoms with E-state index in [-0.39, 0.29) is 11.9 Å². The molecule has 1 aromatic rings. The van der Waals surface area contributed by atoms with Gasteiger partial charge < -0.3 is 9.84 Å². The van der Waals surface area contributed by atoms with E-state index >= 15 is 0 Å². The fourth-order valence-corrected chi connectivity index (χ4v) is 2.06. The van der Waals surface area contributed by atoms with E-state index in [0.717, 1.165) is 29.5 Å². The van der Waals surface area contributed by atoms with Gasteiger partial charge in [-0.2, -0.15) is 0 Å². The molecule has 1 N–H and O–H groups in total. The van der Waals surface area contributed by atoms with Crippen LogP contribution in [0, 0.1) is 0 Å². The highest BCUT2D eigenvalue weighted by molar-refractivity contribution is 9.10. The number of aromatic hydroxyl groups is 1. The van der Waals surface area contributed by atoms with Gasteiger partial charge in [0.15, 0.2) is 0 Å². The molecule has 1 saturated heterocycles. The fourth-order valence-electron chi connectivity index (χ4n) is 1.69. The van der Waals surface area contributed by atoms with Crippen LogP contribution in [0.5, 0.6) is 5.75 Å². The van der Waals surface area contributed by atoms with Crippen molar-refractivity contribution in [2.75, 3.05) is 13.2 Å². The van der Waals surface area contributed by atoms with Gasteiger partial charge in [0, 0.05) is 22.9 Å². The molecule has 0 bridgehead atoms. The molecule has 1 heterocycles. The summed E-state index contributed by atoms with van der Waals surface area (Å²) in [6.07, 6.45) is 4.16. The Kier molecular flexibility index (Phi) is 3.96. The highest BCUT2D eigenvalue weighted by atomic mass is 79.9. The number of hydrogen-bond donors (Lipinski definition) is 1. The third-order valence-corrected chi connectivity index (χ3v) is 3.05. The van der Waals surface area contributed by atoms with Crippen LogP contribution in [-0.4, -0.2) is 30.6 Å². The number of ether oxygens (including phenoxy) is 1. The molecule has 1 fully saturated rings. The Bertz CT molecular complexity index is 387. The van der Waals surface area contributed by atoms with Crippen LogP contribution in [0.1, 0.15) is 18.4 Å². The molecule has 0 amide bonds. The molecule has 0 aliphatic carbocycles. The lowest BCUT2D eigenvalue weighted by molar-refractivity contribution is 0.118. The Morgan fingerprint density at radius 3 is 3.19 bits per heavy atom. The van der Waals surface area contributed by atoms with E-state index in [1.807, 2.05) is 6.07 Å². The number of benzene rings is 1. The molecular weight excluding hydrogens is 270 g/mol. The molecule has 16 heavy (non-hydrogen) atoms. The molecule has 0 saturated carbocycles. The van der Waals surface area contributed by atoms with Crippen LogP contribution in [0.4, 0.5) is 0 Å². The maximum Gasteiger partial charge on any atom is 0.124 e. The molecule has 0 aromatic heterocycles. The first kappa shape index (κ1) is 11.6. The zero-order valence-electron chi connectivity index (χ0n) is 8.90. The Morgan fingerprint density at radius 2 is 2.44 bits per heavy atom. The normalized spacial score (nSPS) is 20.7. The third kappa shape index (κ3) is 3.06. The average molecular weight is 284 g/mol. The Balaban J connectivity index is 1.96. The topological polar surface area (TPSA) is 41.8 Å². The lowest BCUT2D eigenvalue weighted by atomic mass is 10.2. The maximum absolute atomic E-state index is 9.58. The first-order valence-corrected chi connectivity index (χ1v) is 6.15. The highest BCUT2D eigenvalue weighted by Gasteiger charge is 2.13. The summed E-state index contributed by atoms with van der Waals surface area (Å²) in [5.74, 6) is 0.249. The number of phenolic OH excluding ortho intramolecular Hbond substituents is 1. The maximum atomic E-state index is 9.58. The molecule has 2 rings (SSSR count). The average Bonchev–Trinajstić information content (AvgIpc) is 2.76. The molecule has 1 aromatic carbocycles. The van der Waals surface area contributed by atoms with Gasteiger partial charge in [-0.25, -0.2) is 0 Å². The van der Waals surface area contributed by atoms with Crippen LogP contribution in [0.15, 0.2) is 27.7 Å². The van der Waals surface area contributed by atoms with E-state index in [4.69, 9.17) is 4.74 Å². The van der Waals surface area contributed by atoms with Crippen molar-refractivity contribution in [3.63, 3.8) is 0 Å². The largest absolute Gasteiger partial charge is 0.507 e. The molecule has 1 unspecified atom stereocenters. The molecule has 1 aliphatic heterocycles. The fraction of sp³-hybridized carbons (Fsp3) is 0.417. The van der Waals surface area contributed by atoms with Crippen LogP contribution in [0.3, 0.4) is 0 Å². The quantitative estimate of drug-likeness (QED) is 0.867. The second-order valence-corrected chi connectivity index (χ2v) is 4.75. The van der Waals surface area contributed by atoms with Crippen molar-refractivity contribution < 1.29 is 9.84 Å². The first-order chi connectivity index (χ1) is 7.75. The van der Waals surface area contributed by atoms with Crippen LogP contribution < -0.4 is 0 Å². The second kappa shape index (κ2) is 5.46. The van der Waals surface area contributed by atoms with Gasteiger partial charge in [0.25, 0.3) is 0 Å². The van der Waals surface area contributed by atoms with Crippen molar-refractivity contribution >= 4 is 22.1 Å². The van der Waals surface area contributed by atoms with E-state index in [1.54, 1.807) is 18.3 Å². The molecule has 0 radical (unpaired) electrons. The highest BCUT2D eigenvalue weighted by Crippen LogP contribution is 2.20. The summed E-state index contributed by atoms with van der Waals surface area (Å²) in [6, 6.07) is 5.29.